The van der Waals surface area contributed by atoms with Gasteiger partial charge in [0.2, 0.25) is 11.8 Å². The largest absolute Gasteiger partial charge is 0.344 e. The lowest BCUT2D eigenvalue weighted by Crippen LogP contribution is -2.51. The van der Waals surface area contributed by atoms with E-state index in [9.17, 15) is 9.59 Å². The molecule has 84 valence electrons. The van der Waals surface area contributed by atoms with Crippen LogP contribution in [-0.2, 0) is 9.59 Å². The van der Waals surface area contributed by atoms with Crippen molar-refractivity contribution in [1.82, 2.24) is 10.2 Å². The fourth-order valence-electron chi connectivity index (χ4n) is 2.23. The summed E-state index contributed by atoms with van der Waals surface area (Å²) in [6.45, 7) is 1.41. The first kappa shape index (κ1) is 10.4. The molecule has 0 spiro atoms. The maximum atomic E-state index is 11.9. The summed E-state index contributed by atoms with van der Waals surface area (Å²) in [6, 6.07) is -0.206. The van der Waals surface area contributed by atoms with Gasteiger partial charge < -0.3 is 16.0 Å². The number of likely N-dealkylation sites (tertiary alicyclic amines) is 1. The van der Waals surface area contributed by atoms with E-state index in [2.05, 4.69) is 5.32 Å². The Balaban J connectivity index is 1.92. The zero-order chi connectivity index (χ0) is 10.8. The van der Waals surface area contributed by atoms with E-state index in [-0.39, 0.29) is 23.9 Å². The molecule has 5 nitrogen and oxygen atoms in total. The number of hydrogen-bond acceptors (Lipinski definition) is 3. The van der Waals surface area contributed by atoms with Crippen LogP contribution >= 0.6 is 0 Å². The van der Waals surface area contributed by atoms with Gasteiger partial charge in [0.25, 0.3) is 0 Å². The van der Waals surface area contributed by atoms with Crippen molar-refractivity contribution < 1.29 is 9.59 Å². The second-order valence-corrected chi connectivity index (χ2v) is 4.35. The molecule has 2 saturated heterocycles. The van der Waals surface area contributed by atoms with Crippen LogP contribution in [0.25, 0.3) is 0 Å². The van der Waals surface area contributed by atoms with Gasteiger partial charge in [-0.15, -0.1) is 0 Å². The predicted octanol–water partition coefficient (Wildman–Crippen LogP) is -0.785. The SMILES string of the molecule is NC1CCCN(C(=O)[C@@H]2CCC(=O)N2)C1. The zero-order valence-corrected chi connectivity index (χ0v) is 8.74. The van der Waals surface area contributed by atoms with E-state index in [0.29, 0.717) is 19.4 Å². The molecule has 2 aliphatic rings. The molecule has 0 aromatic heterocycles. The van der Waals surface area contributed by atoms with Crippen LogP contribution in [0.5, 0.6) is 0 Å². The number of nitrogens with two attached hydrogens (primary N) is 1. The molecule has 0 aromatic rings. The van der Waals surface area contributed by atoms with Gasteiger partial charge in [-0.1, -0.05) is 0 Å². The minimum absolute atomic E-state index is 0.0188. The first-order valence-corrected chi connectivity index (χ1v) is 5.50. The van der Waals surface area contributed by atoms with Crippen molar-refractivity contribution in [1.29, 1.82) is 0 Å². The van der Waals surface area contributed by atoms with Gasteiger partial charge in [-0.3, -0.25) is 9.59 Å². The highest BCUT2D eigenvalue weighted by Gasteiger charge is 2.32. The summed E-state index contributed by atoms with van der Waals surface area (Å²) in [4.78, 5) is 24.7. The third-order valence-electron chi connectivity index (χ3n) is 3.06. The Morgan fingerprint density at radius 2 is 2.27 bits per heavy atom. The van der Waals surface area contributed by atoms with Crippen LogP contribution in [0.2, 0.25) is 0 Å². The highest BCUT2D eigenvalue weighted by atomic mass is 16.2. The average molecular weight is 211 g/mol. The number of amides is 2. The van der Waals surface area contributed by atoms with E-state index in [1.165, 1.54) is 0 Å². The highest BCUT2D eigenvalue weighted by molar-refractivity contribution is 5.90. The van der Waals surface area contributed by atoms with Gasteiger partial charge >= 0.3 is 0 Å². The van der Waals surface area contributed by atoms with Crippen molar-refractivity contribution in [2.45, 2.75) is 37.8 Å². The summed E-state index contributed by atoms with van der Waals surface area (Å²) in [5.41, 5.74) is 5.81. The Hall–Kier alpha value is -1.10. The molecule has 0 bridgehead atoms. The molecule has 1 unspecified atom stereocenters. The number of piperidine rings is 1. The number of rotatable bonds is 1. The van der Waals surface area contributed by atoms with Crippen LogP contribution in [0.3, 0.4) is 0 Å². The summed E-state index contributed by atoms with van der Waals surface area (Å²) in [5.74, 6) is 0.0191. The average Bonchev–Trinajstić information content (AvgIpc) is 2.64. The van der Waals surface area contributed by atoms with Crippen LogP contribution < -0.4 is 11.1 Å². The van der Waals surface area contributed by atoms with Crippen molar-refractivity contribution >= 4 is 11.8 Å². The maximum Gasteiger partial charge on any atom is 0.245 e. The predicted molar refractivity (Wildman–Crippen MR) is 55.0 cm³/mol. The quantitative estimate of drug-likeness (QED) is 0.597. The highest BCUT2D eigenvalue weighted by Crippen LogP contribution is 2.14. The Morgan fingerprint density at radius 3 is 2.87 bits per heavy atom. The summed E-state index contributed by atoms with van der Waals surface area (Å²) in [6.07, 6.45) is 3.05. The van der Waals surface area contributed by atoms with E-state index < -0.39 is 0 Å². The fourth-order valence-corrected chi connectivity index (χ4v) is 2.23. The Kier molecular flexibility index (Phi) is 2.90. The third kappa shape index (κ3) is 2.28. The number of hydrogen-bond donors (Lipinski definition) is 2. The molecule has 0 radical (unpaired) electrons. The van der Waals surface area contributed by atoms with Gasteiger partial charge in [0.15, 0.2) is 0 Å². The monoisotopic (exact) mass is 211 g/mol. The minimum atomic E-state index is -0.303. The number of nitrogens with zero attached hydrogens (tertiary/aromatic N) is 1. The molecule has 0 aliphatic carbocycles. The molecule has 2 rings (SSSR count). The van der Waals surface area contributed by atoms with Crippen molar-refractivity contribution in [2.75, 3.05) is 13.1 Å². The molecule has 2 fully saturated rings. The molecule has 15 heavy (non-hydrogen) atoms. The molecule has 0 saturated carbocycles. The van der Waals surface area contributed by atoms with E-state index in [1.54, 1.807) is 4.90 Å². The van der Waals surface area contributed by atoms with Crippen molar-refractivity contribution in [3.63, 3.8) is 0 Å². The second kappa shape index (κ2) is 4.18. The molecule has 2 aliphatic heterocycles. The molecule has 2 atom stereocenters. The topological polar surface area (TPSA) is 75.4 Å². The first-order chi connectivity index (χ1) is 7.16. The van der Waals surface area contributed by atoms with Crippen LogP contribution in [0, 0.1) is 0 Å². The fraction of sp³-hybridized carbons (Fsp3) is 0.800. The number of carbonyl (C=O) groups is 2. The minimum Gasteiger partial charge on any atom is -0.344 e. The summed E-state index contributed by atoms with van der Waals surface area (Å²) < 4.78 is 0. The number of carbonyl (C=O) groups excluding carboxylic acids is 2. The lowest BCUT2D eigenvalue weighted by molar-refractivity contribution is -0.135. The van der Waals surface area contributed by atoms with Crippen molar-refractivity contribution in [3.8, 4) is 0 Å². The molecule has 2 heterocycles. The number of nitrogens with one attached hydrogen (secondary N) is 1. The van der Waals surface area contributed by atoms with Gasteiger partial charge in [0.05, 0.1) is 0 Å². The lowest BCUT2D eigenvalue weighted by atomic mass is 10.1. The summed E-state index contributed by atoms with van der Waals surface area (Å²) >= 11 is 0. The molecule has 5 heteroatoms. The maximum absolute atomic E-state index is 11.9. The Bertz CT molecular complexity index is 280. The van der Waals surface area contributed by atoms with E-state index >= 15 is 0 Å². The lowest BCUT2D eigenvalue weighted by Gasteiger charge is -2.32. The van der Waals surface area contributed by atoms with E-state index in [1.807, 2.05) is 0 Å². The van der Waals surface area contributed by atoms with Gasteiger partial charge in [-0.2, -0.15) is 0 Å². The summed E-state index contributed by atoms with van der Waals surface area (Å²) in [5, 5.41) is 2.69. The van der Waals surface area contributed by atoms with Crippen LogP contribution in [0.15, 0.2) is 0 Å². The van der Waals surface area contributed by atoms with Crippen LogP contribution in [0.4, 0.5) is 0 Å². The van der Waals surface area contributed by atoms with Crippen molar-refractivity contribution in [2.24, 2.45) is 5.73 Å². The first-order valence-electron chi connectivity index (χ1n) is 5.50. The second-order valence-electron chi connectivity index (χ2n) is 4.35. The molecular formula is C10H17N3O2. The van der Waals surface area contributed by atoms with Gasteiger partial charge in [0, 0.05) is 25.6 Å². The molecule has 3 N–H and O–H groups in total. The van der Waals surface area contributed by atoms with Gasteiger partial charge in [0.1, 0.15) is 6.04 Å². The molecule has 0 aromatic carbocycles. The van der Waals surface area contributed by atoms with E-state index in [0.717, 1.165) is 19.4 Å². The normalized spacial score (nSPS) is 31.5. The molecule has 2 amide bonds. The summed E-state index contributed by atoms with van der Waals surface area (Å²) in [7, 11) is 0. The third-order valence-corrected chi connectivity index (χ3v) is 3.06. The zero-order valence-electron chi connectivity index (χ0n) is 8.74. The van der Waals surface area contributed by atoms with Crippen molar-refractivity contribution in [3.05, 3.63) is 0 Å². The van der Waals surface area contributed by atoms with Gasteiger partial charge in [-0.05, 0) is 19.3 Å². The van der Waals surface area contributed by atoms with E-state index in [4.69, 9.17) is 5.73 Å². The molecular weight excluding hydrogens is 194 g/mol. The Morgan fingerprint density at radius 1 is 1.47 bits per heavy atom. The standard InChI is InChI=1S/C10H17N3O2/c11-7-2-1-5-13(6-7)10(15)8-3-4-9(14)12-8/h7-8H,1-6,11H2,(H,12,14)/t7?,8-/m0/s1. The smallest absolute Gasteiger partial charge is 0.245 e. The van der Waals surface area contributed by atoms with Gasteiger partial charge in [-0.25, -0.2) is 0 Å². The Labute approximate surface area is 89.0 Å². The van der Waals surface area contributed by atoms with Crippen LogP contribution in [0.1, 0.15) is 25.7 Å². The van der Waals surface area contributed by atoms with Crippen LogP contribution in [-0.4, -0.2) is 41.9 Å².